The van der Waals surface area contributed by atoms with E-state index in [1.165, 1.54) is 0 Å². The summed E-state index contributed by atoms with van der Waals surface area (Å²) in [6, 6.07) is 2.00. The first-order chi connectivity index (χ1) is 8.13. The summed E-state index contributed by atoms with van der Waals surface area (Å²) in [4.78, 5) is 10.8. The molecule has 1 aliphatic rings. The van der Waals surface area contributed by atoms with Gasteiger partial charge in [0.2, 0.25) is 0 Å². The smallest absolute Gasteiger partial charge is 0.134 e. The minimum Gasteiger partial charge on any atom is -0.377 e. The molecule has 0 spiro atoms. The number of hydrogen-bond acceptors (Lipinski definition) is 5. The second-order valence-electron chi connectivity index (χ2n) is 4.81. The van der Waals surface area contributed by atoms with E-state index in [1.54, 1.807) is 6.33 Å². The van der Waals surface area contributed by atoms with Gasteiger partial charge in [-0.3, -0.25) is 0 Å². The van der Waals surface area contributed by atoms with Crippen LogP contribution in [0.15, 0.2) is 12.4 Å². The summed E-state index contributed by atoms with van der Waals surface area (Å²) < 4.78 is 5.51. The number of nitrogens with zero attached hydrogens (tertiary/aromatic N) is 3. The van der Waals surface area contributed by atoms with Crippen LogP contribution in [0.3, 0.4) is 0 Å². The van der Waals surface area contributed by atoms with Crippen LogP contribution in [0.5, 0.6) is 0 Å². The lowest BCUT2D eigenvalue weighted by Gasteiger charge is -2.42. The van der Waals surface area contributed by atoms with Gasteiger partial charge in [-0.05, 0) is 20.8 Å². The van der Waals surface area contributed by atoms with Crippen molar-refractivity contribution in [2.24, 2.45) is 0 Å². The molecule has 1 N–H and O–H groups in total. The topological polar surface area (TPSA) is 50.3 Å². The Hall–Kier alpha value is -1.36. The summed E-state index contributed by atoms with van der Waals surface area (Å²) in [5.41, 5.74) is -0.0178. The number of nitrogens with one attached hydrogen (secondary N) is 1. The molecular weight excluding hydrogens is 216 g/mol. The fourth-order valence-corrected chi connectivity index (χ4v) is 2.06. The maximum atomic E-state index is 5.51. The van der Waals surface area contributed by atoms with Crippen molar-refractivity contribution in [3.63, 3.8) is 0 Å². The van der Waals surface area contributed by atoms with E-state index in [2.05, 4.69) is 41.0 Å². The third kappa shape index (κ3) is 2.66. The Morgan fingerprint density at radius 2 is 2.29 bits per heavy atom. The molecule has 0 unspecified atom stereocenters. The molecule has 1 aliphatic heterocycles. The Balaban J connectivity index is 2.23. The van der Waals surface area contributed by atoms with Gasteiger partial charge in [-0.15, -0.1) is 0 Å². The maximum Gasteiger partial charge on any atom is 0.134 e. The Labute approximate surface area is 102 Å². The number of rotatable bonds is 3. The molecule has 0 saturated carbocycles. The van der Waals surface area contributed by atoms with Crippen LogP contribution in [0.4, 0.5) is 11.6 Å². The van der Waals surface area contributed by atoms with Crippen molar-refractivity contribution in [1.82, 2.24) is 9.97 Å². The van der Waals surface area contributed by atoms with Crippen LogP contribution in [0, 0.1) is 0 Å². The average molecular weight is 236 g/mol. The molecule has 1 fully saturated rings. The normalized spacial score (nSPS) is 19.1. The quantitative estimate of drug-likeness (QED) is 0.862. The molecule has 0 aromatic carbocycles. The lowest BCUT2D eigenvalue weighted by atomic mass is 10.0. The molecule has 0 bridgehead atoms. The highest BCUT2D eigenvalue weighted by Crippen LogP contribution is 2.25. The Morgan fingerprint density at radius 3 is 3.00 bits per heavy atom. The van der Waals surface area contributed by atoms with Gasteiger partial charge < -0.3 is 15.0 Å². The van der Waals surface area contributed by atoms with Crippen molar-refractivity contribution in [2.75, 3.05) is 36.5 Å². The first kappa shape index (κ1) is 12.1. The molecule has 2 rings (SSSR count). The fourth-order valence-electron chi connectivity index (χ4n) is 2.06. The van der Waals surface area contributed by atoms with Gasteiger partial charge in [-0.2, -0.15) is 0 Å². The van der Waals surface area contributed by atoms with E-state index in [-0.39, 0.29) is 5.54 Å². The van der Waals surface area contributed by atoms with Crippen molar-refractivity contribution < 1.29 is 4.74 Å². The molecule has 5 nitrogen and oxygen atoms in total. The lowest BCUT2D eigenvalue weighted by molar-refractivity contribution is 0.0639. The van der Waals surface area contributed by atoms with Crippen LogP contribution in [0.25, 0.3) is 0 Å². The Kier molecular flexibility index (Phi) is 3.47. The molecule has 1 saturated heterocycles. The molecular formula is C12H20N4O. The highest BCUT2D eigenvalue weighted by Gasteiger charge is 2.31. The first-order valence-electron chi connectivity index (χ1n) is 6.05. The number of hydrogen-bond donors (Lipinski definition) is 1. The largest absolute Gasteiger partial charge is 0.377 e. The molecule has 0 amide bonds. The van der Waals surface area contributed by atoms with Crippen molar-refractivity contribution in [2.45, 2.75) is 26.3 Å². The average Bonchev–Trinajstić information content (AvgIpc) is 2.29. The number of aromatic nitrogens is 2. The summed E-state index contributed by atoms with van der Waals surface area (Å²) in [6.45, 7) is 9.61. The first-order valence-corrected chi connectivity index (χ1v) is 6.05. The lowest BCUT2D eigenvalue weighted by Crippen LogP contribution is -2.53. The molecule has 1 aromatic heterocycles. The summed E-state index contributed by atoms with van der Waals surface area (Å²) in [5, 5.41) is 3.21. The van der Waals surface area contributed by atoms with E-state index < -0.39 is 0 Å². The minimum absolute atomic E-state index is 0.0178. The summed E-state index contributed by atoms with van der Waals surface area (Å²) in [6.07, 6.45) is 1.61. The zero-order valence-electron chi connectivity index (χ0n) is 10.7. The van der Waals surface area contributed by atoms with Crippen LogP contribution < -0.4 is 10.2 Å². The molecule has 2 heterocycles. The number of anilines is 2. The highest BCUT2D eigenvalue weighted by molar-refractivity contribution is 5.50. The van der Waals surface area contributed by atoms with Crippen molar-refractivity contribution >= 4 is 11.6 Å². The maximum absolute atomic E-state index is 5.51. The summed E-state index contributed by atoms with van der Waals surface area (Å²) in [5.74, 6) is 1.84. The van der Waals surface area contributed by atoms with Gasteiger partial charge in [0.05, 0.1) is 18.8 Å². The third-order valence-electron chi connectivity index (χ3n) is 2.93. The van der Waals surface area contributed by atoms with Gasteiger partial charge in [-0.25, -0.2) is 9.97 Å². The van der Waals surface area contributed by atoms with Gasteiger partial charge in [0.15, 0.2) is 0 Å². The van der Waals surface area contributed by atoms with E-state index >= 15 is 0 Å². The van der Waals surface area contributed by atoms with Gasteiger partial charge in [-0.1, -0.05) is 0 Å². The third-order valence-corrected chi connectivity index (χ3v) is 2.93. The van der Waals surface area contributed by atoms with E-state index in [0.29, 0.717) is 0 Å². The molecule has 94 valence electrons. The van der Waals surface area contributed by atoms with Crippen LogP contribution >= 0.6 is 0 Å². The van der Waals surface area contributed by atoms with Crippen molar-refractivity contribution in [3.05, 3.63) is 12.4 Å². The van der Waals surface area contributed by atoms with Crippen LogP contribution in [-0.4, -0.2) is 41.8 Å². The molecule has 0 atom stereocenters. The zero-order valence-corrected chi connectivity index (χ0v) is 10.7. The van der Waals surface area contributed by atoms with Gasteiger partial charge >= 0.3 is 0 Å². The molecule has 0 aliphatic carbocycles. The summed E-state index contributed by atoms with van der Waals surface area (Å²) in [7, 11) is 0. The molecule has 17 heavy (non-hydrogen) atoms. The van der Waals surface area contributed by atoms with Crippen LogP contribution in [-0.2, 0) is 4.74 Å². The fraction of sp³-hybridized carbons (Fsp3) is 0.667. The monoisotopic (exact) mass is 236 g/mol. The predicted molar refractivity (Wildman–Crippen MR) is 68.4 cm³/mol. The second kappa shape index (κ2) is 4.87. The van der Waals surface area contributed by atoms with E-state index in [4.69, 9.17) is 4.74 Å². The molecule has 5 heteroatoms. The van der Waals surface area contributed by atoms with E-state index in [1.807, 2.05) is 6.07 Å². The van der Waals surface area contributed by atoms with E-state index in [9.17, 15) is 0 Å². The molecule has 1 aromatic rings. The van der Waals surface area contributed by atoms with Gasteiger partial charge in [0.25, 0.3) is 0 Å². The SMILES string of the molecule is CCNc1cc(N2CCOCC2(C)C)ncn1. The van der Waals surface area contributed by atoms with Crippen LogP contribution in [0.2, 0.25) is 0 Å². The van der Waals surface area contributed by atoms with Crippen molar-refractivity contribution in [1.29, 1.82) is 0 Å². The number of ether oxygens (including phenoxy) is 1. The number of morpholine rings is 1. The van der Waals surface area contributed by atoms with Gasteiger partial charge in [0, 0.05) is 19.2 Å². The Bertz CT molecular complexity index is 381. The minimum atomic E-state index is -0.0178. The van der Waals surface area contributed by atoms with Crippen LogP contribution in [0.1, 0.15) is 20.8 Å². The van der Waals surface area contributed by atoms with Gasteiger partial charge in [0.1, 0.15) is 18.0 Å². The Morgan fingerprint density at radius 1 is 1.47 bits per heavy atom. The zero-order chi connectivity index (χ0) is 12.3. The van der Waals surface area contributed by atoms with E-state index in [0.717, 1.165) is 37.9 Å². The molecule has 0 radical (unpaired) electrons. The second-order valence-corrected chi connectivity index (χ2v) is 4.81. The summed E-state index contributed by atoms with van der Waals surface area (Å²) >= 11 is 0. The standard InChI is InChI=1S/C12H20N4O/c1-4-13-10-7-11(15-9-14-10)16-5-6-17-8-12(16,2)3/h7,9H,4-6,8H2,1-3H3,(H,13,14,15). The predicted octanol–water partition coefficient (Wildman–Crippen LogP) is 1.52. The van der Waals surface area contributed by atoms with Crippen molar-refractivity contribution in [3.8, 4) is 0 Å². The highest BCUT2D eigenvalue weighted by atomic mass is 16.5.